The van der Waals surface area contributed by atoms with Gasteiger partial charge in [0.1, 0.15) is 0 Å². The lowest BCUT2D eigenvalue weighted by molar-refractivity contribution is -0.125. The second-order valence-corrected chi connectivity index (χ2v) is 7.34. The normalized spacial score (nSPS) is 13.0. The molecule has 3 rings (SSSR count). The van der Waals surface area contributed by atoms with Crippen molar-refractivity contribution in [2.24, 2.45) is 5.92 Å². The molecule has 0 spiro atoms. The van der Waals surface area contributed by atoms with Crippen molar-refractivity contribution < 1.29 is 9.59 Å². The molecule has 4 nitrogen and oxygen atoms in total. The van der Waals surface area contributed by atoms with Gasteiger partial charge in [-0.05, 0) is 60.7 Å². The molecule has 1 aliphatic heterocycles. The lowest BCUT2D eigenvalue weighted by atomic mass is 10.0. The molecule has 142 valence electrons. The van der Waals surface area contributed by atoms with Crippen LogP contribution < -0.4 is 10.2 Å². The highest BCUT2D eigenvalue weighted by molar-refractivity contribution is 6.30. The molecule has 0 aromatic heterocycles. The number of fused-ring (bicyclic) bond motifs is 1. The number of rotatable bonds is 6. The molecule has 0 saturated heterocycles. The molecule has 2 aromatic rings. The van der Waals surface area contributed by atoms with Gasteiger partial charge in [0.25, 0.3) is 5.91 Å². The van der Waals surface area contributed by atoms with Crippen molar-refractivity contribution in [3.8, 4) is 0 Å². The number of hydrogen-bond donors (Lipinski definition) is 1. The van der Waals surface area contributed by atoms with Gasteiger partial charge in [0.2, 0.25) is 5.91 Å². The minimum Gasteiger partial charge on any atom is -0.352 e. The molecule has 2 aromatic carbocycles. The maximum atomic E-state index is 12.8. The Hall–Kier alpha value is -2.33. The van der Waals surface area contributed by atoms with Crippen LogP contribution in [0, 0.1) is 5.92 Å². The zero-order valence-electron chi connectivity index (χ0n) is 15.8. The Morgan fingerprint density at radius 2 is 1.81 bits per heavy atom. The van der Waals surface area contributed by atoms with E-state index in [-0.39, 0.29) is 17.7 Å². The molecule has 1 N–H and O–H groups in total. The largest absolute Gasteiger partial charge is 0.352 e. The van der Waals surface area contributed by atoms with Gasteiger partial charge in [-0.25, -0.2) is 0 Å². The molecule has 0 fully saturated rings. The zero-order valence-corrected chi connectivity index (χ0v) is 16.6. The van der Waals surface area contributed by atoms with Crippen LogP contribution in [-0.2, 0) is 17.8 Å². The van der Waals surface area contributed by atoms with Crippen LogP contribution in [0.15, 0.2) is 42.5 Å². The van der Waals surface area contributed by atoms with Crippen molar-refractivity contribution in [1.29, 1.82) is 0 Å². The average Bonchev–Trinajstić information content (AvgIpc) is 3.10. The van der Waals surface area contributed by atoms with E-state index in [9.17, 15) is 9.59 Å². The van der Waals surface area contributed by atoms with E-state index in [4.69, 9.17) is 11.6 Å². The number of nitrogens with zero attached hydrogens (tertiary/aromatic N) is 1. The number of carbonyl (C=O) groups excluding carboxylic acids is 2. The van der Waals surface area contributed by atoms with Crippen LogP contribution in [0.3, 0.4) is 0 Å². The van der Waals surface area contributed by atoms with Gasteiger partial charge in [-0.1, -0.05) is 37.6 Å². The fraction of sp³-hybridized carbons (Fsp3) is 0.364. The first-order valence-electron chi connectivity index (χ1n) is 9.50. The summed E-state index contributed by atoms with van der Waals surface area (Å²) in [5.74, 6) is 0.173. The number of benzene rings is 2. The highest BCUT2D eigenvalue weighted by atomic mass is 35.5. The molecule has 27 heavy (non-hydrogen) atoms. The topological polar surface area (TPSA) is 49.4 Å². The van der Waals surface area contributed by atoms with E-state index in [0.717, 1.165) is 36.1 Å². The standard InChI is InChI=1S/C22H25ClN2O2/c1-3-16(4-2)21(26)24-14-15-5-10-20-18(13-15)11-12-25(20)22(27)17-6-8-19(23)9-7-17/h5-10,13,16H,3-4,11-12,14H2,1-2H3,(H,24,26). The molecule has 0 atom stereocenters. The second kappa shape index (κ2) is 8.57. The monoisotopic (exact) mass is 384 g/mol. The fourth-order valence-corrected chi connectivity index (χ4v) is 3.64. The van der Waals surface area contributed by atoms with Gasteiger partial charge in [0.05, 0.1) is 0 Å². The van der Waals surface area contributed by atoms with Crippen LogP contribution in [-0.4, -0.2) is 18.4 Å². The molecule has 0 radical (unpaired) electrons. The number of anilines is 1. The summed E-state index contributed by atoms with van der Waals surface area (Å²) in [7, 11) is 0. The molecule has 1 aliphatic rings. The summed E-state index contributed by atoms with van der Waals surface area (Å²) < 4.78 is 0. The molecule has 0 saturated carbocycles. The van der Waals surface area contributed by atoms with Crippen molar-refractivity contribution in [3.05, 3.63) is 64.2 Å². The van der Waals surface area contributed by atoms with E-state index in [1.54, 1.807) is 24.3 Å². The Labute approximate surface area is 165 Å². The molecule has 0 unspecified atom stereocenters. The summed E-state index contributed by atoms with van der Waals surface area (Å²) in [6, 6.07) is 13.0. The predicted molar refractivity (Wildman–Crippen MR) is 109 cm³/mol. The Balaban J connectivity index is 1.69. The number of carbonyl (C=O) groups is 2. The number of amides is 2. The van der Waals surface area contributed by atoms with Crippen molar-refractivity contribution in [1.82, 2.24) is 5.32 Å². The zero-order chi connectivity index (χ0) is 19.4. The molecule has 0 bridgehead atoms. The van der Waals surface area contributed by atoms with Gasteiger partial charge in [-0.2, -0.15) is 0 Å². The maximum Gasteiger partial charge on any atom is 0.258 e. The van der Waals surface area contributed by atoms with Crippen LogP contribution >= 0.6 is 11.6 Å². The van der Waals surface area contributed by atoms with E-state index in [2.05, 4.69) is 11.4 Å². The van der Waals surface area contributed by atoms with Crippen molar-refractivity contribution >= 4 is 29.1 Å². The highest BCUT2D eigenvalue weighted by Gasteiger charge is 2.25. The summed E-state index contributed by atoms with van der Waals surface area (Å²) in [4.78, 5) is 26.8. The van der Waals surface area contributed by atoms with Gasteiger partial charge in [0, 0.05) is 35.3 Å². The summed E-state index contributed by atoms with van der Waals surface area (Å²) >= 11 is 5.91. The van der Waals surface area contributed by atoms with Gasteiger partial charge in [-0.15, -0.1) is 0 Å². The van der Waals surface area contributed by atoms with E-state index < -0.39 is 0 Å². The SMILES string of the molecule is CCC(CC)C(=O)NCc1ccc2c(c1)CCN2C(=O)c1ccc(Cl)cc1. The summed E-state index contributed by atoms with van der Waals surface area (Å²) in [6.45, 7) is 5.26. The lowest BCUT2D eigenvalue weighted by Gasteiger charge is -2.18. The third-order valence-corrected chi connectivity index (χ3v) is 5.45. The fourth-order valence-electron chi connectivity index (χ4n) is 3.52. The van der Waals surface area contributed by atoms with Crippen LogP contribution in [0.4, 0.5) is 5.69 Å². The van der Waals surface area contributed by atoms with Gasteiger partial charge in [-0.3, -0.25) is 9.59 Å². The molecular weight excluding hydrogens is 360 g/mol. The highest BCUT2D eigenvalue weighted by Crippen LogP contribution is 2.30. The number of nitrogens with one attached hydrogen (secondary N) is 1. The first-order chi connectivity index (χ1) is 13.0. The maximum absolute atomic E-state index is 12.8. The number of halogens is 1. The third-order valence-electron chi connectivity index (χ3n) is 5.20. The second-order valence-electron chi connectivity index (χ2n) is 6.91. The first kappa shape index (κ1) is 19.4. The molecule has 5 heteroatoms. The van der Waals surface area contributed by atoms with Crippen molar-refractivity contribution in [3.63, 3.8) is 0 Å². The van der Waals surface area contributed by atoms with Gasteiger partial charge in [0.15, 0.2) is 0 Å². The van der Waals surface area contributed by atoms with E-state index in [0.29, 0.717) is 23.7 Å². The lowest BCUT2D eigenvalue weighted by Crippen LogP contribution is -2.29. The van der Waals surface area contributed by atoms with Crippen LogP contribution in [0.1, 0.15) is 48.2 Å². The van der Waals surface area contributed by atoms with Crippen molar-refractivity contribution in [2.45, 2.75) is 39.7 Å². The third kappa shape index (κ3) is 4.33. The molecule has 0 aliphatic carbocycles. The first-order valence-corrected chi connectivity index (χ1v) is 9.88. The summed E-state index contributed by atoms with van der Waals surface area (Å²) in [5.41, 5.74) is 3.79. The van der Waals surface area contributed by atoms with Crippen LogP contribution in [0.25, 0.3) is 0 Å². The molecule has 2 amide bonds. The van der Waals surface area contributed by atoms with Gasteiger partial charge < -0.3 is 10.2 Å². The van der Waals surface area contributed by atoms with E-state index in [1.165, 1.54) is 0 Å². The van der Waals surface area contributed by atoms with Crippen molar-refractivity contribution in [2.75, 3.05) is 11.4 Å². The van der Waals surface area contributed by atoms with Gasteiger partial charge >= 0.3 is 0 Å². The quantitative estimate of drug-likeness (QED) is 0.791. The minimum absolute atomic E-state index is 0.0137. The van der Waals surface area contributed by atoms with E-state index >= 15 is 0 Å². The molecular formula is C22H25ClN2O2. The number of hydrogen-bond acceptors (Lipinski definition) is 2. The summed E-state index contributed by atoms with van der Waals surface area (Å²) in [5, 5.41) is 3.64. The predicted octanol–water partition coefficient (Wildman–Crippen LogP) is 4.60. The Bertz CT molecular complexity index is 829. The Kier molecular flexibility index (Phi) is 6.17. The smallest absolute Gasteiger partial charge is 0.258 e. The Morgan fingerprint density at radius 3 is 2.48 bits per heavy atom. The Morgan fingerprint density at radius 1 is 1.11 bits per heavy atom. The van der Waals surface area contributed by atoms with Crippen LogP contribution in [0.2, 0.25) is 5.02 Å². The van der Waals surface area contributed by atoms with E-state index in [1.807, 2.05) is 30.9 Å². The summed E-state index contributed by atoms with van der Waals surface area (Å²) in [6.07, 6.45) is 2.53. The molecule has 1 heterocycles. The van der Waals surface area contributed by atoms with Crippen LogP contribution in [0.5, 0.6) is 0 Å². The average molecular weight is 385 g/mol. The minimum atomic E-state index is -0.0137.